The Morgan fingerprint density at radius 1 is 0.906 bits per heavy atom. The van der Waals surface area contributed by atoms with Crippen LogP contribution in [0.25, 0.3) is 5.57 Å². The van der Waals surface area contributed by atoms with Crippen molar-refractivity contribution in [1.82, 2.24) is 0 Å². The van der Waals surface area contributed by atoms with E-state index in [4.69, 9.17) is 16.3 Å². The molecular weight excluding hydrogens is 424 g/mol. The van der Waals surface area contributed by atoms with Crippen molar-refractivity contribution in [2.75, 3.05) is 23.5 Å². The lowest BCUT2D eigenvalue weighted by Gasteiger charge is -2.22. The van der Waals surface area contributed by atoms with Gasteiger partial charge in [0.15, 0.2) is 0 Å². The molecule has 162 valence electrons. The molecule has 3 aromatic rings. The van der Waals surface area contributed by atoms with Gasteiger partial charge in [-0.1, -0.05) is 48.0 Å². The molecule has 0 saturated carbocycles. The number of hydrogen-bond acceptors (Lipinski definition) is 4. The van der Waals surface area contributed by atoms with Gasteiger partial charge in [0.1, 0.15) is 11.4 Å². The number of hydrogen-bond donors (Lipinski definition) is 0. The summed E-state index contributed by atoms with van der Waals surface area (Å²) in [5.41, 5.74) is 3.25. The highest BCUT2D eigenvalue weighted by molar-refractivity contribution is 6.46. The van der Waals surface area contributed by atoms with Gasteiger partial charge in [-0.25, -0.2) is 4.90 Å². The van der Waals surface area contributed by atoms with E-state index in [9.17, 15) is 9.59 Å². The molecule has 0 spiro atoms. The van der Waals surface area contributed by atoms with Crippen LogP contribution in [0, 0.1) is 6.92 Å². The number of imide groups is 1. The second-order valence-electron chi connectivity index (χ2n) is 7.41. The van der Waals surface area contributed by atoms with E-state index in [1.165, 1.54) is 4.90 Å². The number of nitrogens with zero attached hydrogens (tertiary/aromatic N) is 2. The lowest BCUT2D eigenvalue weighted by Crippen LogP contribution is -2.34. The number of likely N-dealkylation sites (N-methyl/N-ethyl adjacent to an activating group) is 1. The standard InChI is InChI=1S/C26H23ClN2O3/c1-4-32-20-15-13-18(14-16-20)23-24(28(3)19-9-6-5-7-10-19)26(31)29(25(23)30)22-12-8-11-21(27)17(22)2/h5-16H,4H2,1-3H3. The first kappa shape index (κ1) is 21.7. The molecule has 3 aromatic carbocycles. The van der Waals surface area contributed by atoms with Crippen molar-refractivity contribution < 1.29 is 14.3 Å². The monoisotopic (exact) mass is 446 g/mol. The second-order valence-corrected chi connectivity index (χ2v) is 7.81. The number of ether oxygens (including phenoxy) is 1. The van der Waals surface area contributed by atoms with Gasteiger partial charge < -0.3 is 9.64 Å². The molecule has 0 aliphatic carbocycles. The molecule has 2 amide bonds. The summed E-state index contributed by atoms with van der Waals surface area (Å²) < 4.78 is 5.53. The Kier molecular flexibility index (Phi) is 6.01. The highest BCUT2D eigenvalue weighted by Crippen LogP contribution is 2.38. The molecule has 1 aliphatic heterocycles. The van der Waals surface area contributed by atoms with Crippen molar-refractivity contribution in [2.24, 2.45) is 0 Å². The van der Waals surface area contributed by atoms with Crippen molar-refractivity contribution in [2.45, 2.75) is 13.8 Å². The van der Waals surface area contributed by atoms with Crippen molar-refractivity contribution in [3.63, 3.8) is 0 Å². The van der Waals surface area contributed by atoms with E-state index in [0.717, 1.165) is 5.69 Å². The zero-order valence-electron chi connectivity index (χ0n) is 18.1. The second kappa shape index (κ2) is 8.89. The van der Waals surface area contributed by atoms with Crippen molar-refractivity contribution in [3.05, 3.63) is 94.6 Å². The molecule has 6 heteroatoms. The lowest BCUT2D eigenvalue weighted by atomic mass is 10.0. The Hall–Kier alpha value is -3.57. The molecule has 0 saturated heterocycles. The molecule has 32 heavy (non-hydrogen) atoms. The first-order chi connectivity index (χ1) is 15.4. The van der Waals surface area contributed by atoms with E-state index in [-0.39, 0.29) is 5.91 Å². The van der Waals surface area contributed by atoms with Crippen LogP contribution in [0.1, 0.15) is 18.1 Å². The Labute approximate surface area is 192 Å². The summed E-state index contributed by atoms with van der Waals surface area (Å²) in [4.78, 5) is 30.3. The predicted octanol–water partition coefficient (Wildman–Crippen LogP) is 5.47. The molecule has 0 unspecified atom stereocenters. The Morgan fingerprint density at radius 3 is 2.25 bits per heavy atom. The minimum atomic E-state index is -0.393. The number of carbonyl (C=O) groups is 2. The van der Waals surface area contributed by atoms with Crippen LogP contribution in [0.4, 0.5) is 11.4 Å². The minimum absolute atomic E-state index is 0.310. The summed E-state index contributed by atoms with van der Waals surface area (Å²) in [6.07, 6.45) is 0. The normalized spacial score (nSPS) is 13.7. The number of amides is 2. The first-order valence-electron chi connectivity index (χ1n) is 10.3. The summed E-state index contributed by atoms with van der Waals surface area (Å²) >= 11 is 6.30. The van der Waals surface area contributed by atoms with Gasteiger partial charge in [-0.2, -0.15) is 0 Å². The summed E-state index contributed by atoms with van der Waals surface area (Å²) in [6, 6.07) is 21.9. The molecule has 4 rings (SSSR count). The van der Waals surface area contributed by atoms with Crippen molar-refractivity contribution in [3.8, 4) is 5.75 Å². The molecule has 0 radical (unpaired) electrons. The summed E-state index contributed by atoms with van der Waals surface area (Å²) in [6.45, 7) is 4.25. The average molecular weight is 447 g/mol. The third kappa shape index (κ3) is 3.76. The molecule has 0 N–H and O–H groups in total. The summed E-state index contributed by atoms with van der Waals surface area (Å²) in [5, 5.41) is 0.496. The van der Waals surface area contributed by atoms with Crippen molar-refractivity contribution in [1.29, 1.82) is 0 Å². The van der Waals surface area contributed by atoms with E-state index in [0.29, 0.717) is 45.5 Å². The fraction of sp³-hybridized carbons (Fsp3) is 0.154. The third-order valence-electron chi connectivity index (χ3n) is 5.47. The largest absolute Gasteiger partial charge is 0.494 e. The van der Waals surface area contributed by atoms with Gasteiger partial charge in [0.2, 0.25) is 0 Å². The predicted molar refractivity (Wildman–Crippen MR) is 128 cm³/mol. The smallest absolute Gasteiger partial charge is 0.282 e. The Balaban J connectivity index is 1.87. The zero-order valence-corrected chi connectivity index (χ0v) is 18.9. The number of carbonyl (C=O) groups excluding carboxylic acids is 2. The average Bonchev–Trinajstić information content (AvgIpc) is 3.06. The van der Waals surface area contributed by atoms with Crippen LogP contribution < -0.4 is 14.5 Å². The fourth-order valence-electron chi connectivity index (χ4n) is 3.81. The zero-order chi connectivity index (χ0) is 22.8. The van der Waals surface area contributed by atoms with E-state index < -0.39 is 5.91 Å². The fourth-order valence-corrected chi connectivity index (χ4v) is 3.98. The lowest BCUT2D eigenvalue weighted by molar-refractivity contribution is -0.120. The van der Waals surface area contributed by atoms with E-state index >= 15 is 0 Å². The molecule has 0 bridgehead atoms. The molecular formula is C26H23ClN2O3. The van der Waals surface area contributed by atoms with Gasteiger partial charge in [-0.05, 0) is 61.4 Å². The number of para-hydroxylation sites is 1. The molecule has 1 aliphatic rings. The number of rotatable bonds is 6. The van der Waals surface area contributed by atoms with Gasteiger partial charge >= 0.3 is 0 Å². The Bertz CT molecular complexity index is 1200. The summed E-state index contributed by atoms with van der Waals surface area (Å²) in [7, 11) is 1.79. The van der Waals surface area contributed by atoms with Crippen LogP contribution in [0.2, 0.25) is 5.02 Å². The van der Waals surface area contributed by atoms with Crippen LogP contribution in [-0.2, 0) is 9.59 Å². The van der Waals surface area contributed by atoms with E-state index in [1.54, 1.807) is 61.3 Å². The summed E-state index contributed by atoms with van der Waals surface area (Å²) in [5.74, 6) is -0.0768. The first-order valence-corrected chi connectivity index (χ1v) is 10.7. The van der Waals surface area contributed by atoms with Gasteiger partial charge in [0, 0.05) is 17.8 Å². The van der Waals surface area contributed by atoms with Crippen LogP contribution in [0.5, 0.6) is 5.75 Å². The molecule has 0 aromatic heterocycles. The van der Waals surface area contributed by atoms with Gasteiger partial charge in [0.25, 0.3) is 11.8 Å². The topological polar surface area (TPSA) is 49.9 Å². The van der Waals surface area contributed by atoms with Crippen LogP contribution in [-0.4, -0.2) is 25.5 Å². The maximum absolute atomic E-state index is 13.7. The molecule has 0 atom stereocenters. The van der Waals surface area contributed by atoms with Crippen LogP contribution in [0.3, 0.4) is 0 Å². The SMILES string of the molecule is CCOc1ccc(C2=C(N(C)c3ccccc3)C(=O)N(c3cccc(Cl)c3C)C2=O)cc1. The number of anilines is 2. The molecule has 5 nitrogen and oxygen atoms in total. The molecule has 0 fully saturated rings. The third-order valence-corrected chi connectivity index (χ3v) is 5.88. The quantitative estimate of drug-likeness (QED) is 0.471. The van der Waals surface area contributed by atoms with E-state index in [2.05, 4.69) is 0 Å². The highest BCUT2D eigenvalue weighted by atomic mass is 35.5. The highest BCUT2D eigenvalue weighted by Gasteiger charge is 2.42. The molecule has 1 heterocycles. The van der Waals surface area contributed by atoms with Crippen LogP contribution >= 0.6 is 11.6 Å². The van der Waals surface area contributed by atoms with Gasteiger partial charge in [-0.15, -0.1) is 0 Å². The van der Waals surface area contributed by atoms with Crippen molar-refractivity contribution >= 4 is 40.4 Å². The van der Waals surface area contributed by atoms with E-state index in [1.807, 2.05) is 37.3 Å². The number of halogens is 1. The Morgan fingerprint density at radius 2 is 1.59 bits per heavy atom. The van der Waals surface area contributed by atoms with Gasteiger partial charge in [-0.3, -0.25) is 9.59 Å². The van der Waals surface area contributed by atoms with Crippen LogP contribution in [0.15, 0.2) is 78.5 Å². The number of benzene rings is 3. The maximum Gasteiger partial charge on any atom is 0.282 e. The minimum Gasteiger partial charge on any atom is -0.494 e. The maximum atomic E-state index is 13.7. The van der Waals surface area contributed by atoms with Gasteiger partial charge in [0.05, 0.1) is 17.9 Å².